The second-order valence-electron chi connectivity index (χ2n) is 15.1. The van der Waals surface area contributed by atoms with Crippen LogP contribution in [0.25, 0.3) is 122 Å². The van der Waals surface area contributed by atoms with Gasteiger partial charge in [0, 0.05) is 43.8 Å². The average Bonchev–Trinajstić information content (AvgIpc) is 3.90. The summed E-state index contributed by atoms with van der Waals surface area (Å²) >= 11 is 0. The maximum atomic E-state index is 6.45. The number of rotatable bonds is 6. The van der Waals surface area contributed by atoms with E-state index in [0.29, 0.717) is 17.5 Å². The van der Waals surface area contributed by atoms with Crippen molar-refractivity contribution in [3.63, 3.8) is 0 Å². The van der Waals surface area contributed by atoms with Gasteiger partial charge in [0.1, 0.15) is 22.3 Å². The third-order valence-corrected chi connectivity index (χ3v) is 11.6. The highest BCUT2D eigenvalue weighted by Crippen LogP contribution is 2.41. The molecule has 0 saturated carbocycles. The first-order chi connectivity index (χ1) is 29.7. The van der Waals surface area contributed by atoms with Crippen LogP contribution in [0.1, 0.15) is 0 Å². The highest BCUT2D eigenvalue weighted by Gasteiger charge is 2.18. The van der Waals surface area contributed by atoms with Crippen LogP contribution in [0.15, 0.2) is 209 Å². The van der Waals surface area contributed by atoms with Crippen LogP contribution in [-0.4, -0.2) is 15.0 Å². The molecule has 12 rings (SSSR count). The molecule has 0 fully saturated rings. The molecule has 0 radical (unpaired) electrons. The van der Waals surface area contributed by atoms with E-state index in [9.17, 15) is 0 Å². The van der Waals surface area contributed by atoms with Crippen LogP contribution >= 0.6 is 0 Å². The van der Waals surface area contributed by atoms with Crippen LogP contribution in [0.4, 0.5) is 0 Å². The molecule has 280 valence electrons. The number of para-hydroxylation sites is 2. The summed E-state index contributed by atoms with van der Waals surface area (Å²) in [5, 5.41) is 6.79. The van der Waals surface area contributed by atoms with Crippen molar-refractivity contribution in [1.29, 1.82) is 0 Å². The first-order valence-corrected chi connectivity index (χ1v) is 20.1. The smallest absolute Gasteiger partial charge is 0.164 e. The van der Waals surface area contributed by atoms with Crippen molar-refractivity contribution in [3.05, 3.63) is 200 Å². The lowest BCUT2D eigenvalue weighted by molar-refractivity contribution is 0.668. The topological polar surface area (TPSA) is 65.0 Å². The number of hydrogen-bond acceptors (Lipinski definition) is 5. The first-order valence-electron chi connectivity index (χ1n) is 20.1. The van der Waals surface area contributed by atoms with Gasteiger partial charge in [-0.3, -0.25) is 0 Å². The molecule has 3 aromatic heterocycles. The normalized spacial score (nSPS) is 11.7. The summed E-state index contributed by atoms with van der Waals surface area (Å²) in [6.45, 7) is 0. The van der Waals surface area contributed by atoms with Gasteiger partial charge in [0.05, 0.1) is 0 Å². The third-order valence-electron chi connectivity index (χ3n) is 11.6. The van der Waals surface area contributed by atoms with Crippen LogP contribution in [0.5, 0.6) is 0 Å². The third kappa shape index (κ3) is 5.67. The fraction of sp³-hybridized carbons (Fsp3) is 0. The summed E-state index contributed by atoms with van der Waals surface area (Å²) in [5.41, 5.74) is 12.8. The Morgan fingerprint density at radius 1 is 0.283 bits per heavy atom. The van der Waals surface area contributed by atoms with Gasteiger partial charge in [0.25, 0.3) is 0 Å². The zero-order valence-corrected chi connectivity index (χ0v) is 32.2. The van der Waals surface area contributed by atoms with E-state index >= 15 is 0 Å². The second-order valence-corrected chi connectivity index (χ2v) is 15.1. The van der Waals surface area contributed by atoms with Gasteiger partial charge in [0.15, 0.2) is 17.5 Å². The first kappa shape index (κ1) is 33.9. The van der Waals surface area contributed by atoms with E-state index in [4.69, 9.17) is 23.8 Å². The lowest BCUT2D eigenvalue weighted by Gasteiger charge is -2.11. The summed E-state index contributed by atoms with van der Waals surface area (Å²) < 4.78 is 12.9. The molecule has 60 heavy (non-hydrogen) atoms. The van der Waals surface area contributed by atoms with Crippen molar-refractivity contribution in [2.24, 2.45) is 0 Å². The quantitative estimate of drug-likeness (QED) is 0.169. The maximum absolute atomic E-state index is 6.45. The minimum Gasteiger partial charge on any atom is -0.456 e. The van der Waals surface area contributed by atoms with E-state index < -0.39 is 0 Å². The van der Waals surface area contributed by atoms with E-state index in [2.05, 4.69) is 152 Å². The monoisotopic (exact) mass is 767 g/mol. The molecule has 12 aromatic rings. The fourth-order valence-electron chi connectivity index (χ4n) is 8.63. The Bertz CT molecular complexity index is 3580. The van der Waals surface area contributed by atoms with Gasteiger partial charge in [-0.2, -0.15) is 0 Å². The SMILES string of the molecule is c1ccc(-c2nc(-c3ccc(-c4cccc5ccccc45)cc3)nc(-c3ccc(-c4cccc5oc6ccc(-c7cccc8c7oc7ccccc78)cc6c45)cc3)n2)cc1. The number of fused-ring (bicyclic) bond motifs is 7. The van der Waals surface area contributed by atoms with Crippen molar-refractivity contribution in [3.8, 4) is 67.5 Å². The van der Waals surface area contributed by atoms with Crippen LogP contribution < -0.4 is 0 Å². The van der Waals surface area contributed by atoms with Crippen LogP contribution in [0.3, 0.4) is 0 Å². The van der Waals surface area contributed by atoms with Crippen LogP contribution in [0.2, 0.25) is 0 Å². The standard InChI is InChI=1S/C55H33N3O2/c1-2-12-37(13-3-1)53-56-54(38-27-23-35(24-28-38)42-17-8-14-34-11-4-5-15-41(34)42)58-55(57-53)39-29-25-36(26-30-39)43-18-10-22-50-51(43)47-33-40(31-32-49(47)59-50)44-19-9-20-46-45-16-6-7-21-48(45)60-52(44)46/h1-33H. The Kier molecular flexibility index (Phi) is 7.78. The summed E-state index contributed by atoms with van der Waals surface area (Å²) in [5.74, 6) is 1.86. The predicted octanol–water partition coefficient (Wildman–Crippen LogP) is 14.8. The molecule has 0 aliphatic heterocycles. The second kappa shape index (κ2) is 13.8. The number of benzene rings is 9. The Morgan fingerprint density at radius 2 is 0.783 bits per heavy atom. The Labute approximate surface area is 344 Å². The number of furan rings is 2. The Morgan fingerprint density at radius 3 is 1.55 bits per heavy atom. The van der Waals surface area contributed by atoms with Gasteiger partial charge in [0.2, 0.25) is 0 Å². The number of aromatic nitrogens is 3. The molecular formula is C55H33N3O2. The lowest BCUT2D eigenvalue weighted by Crippen LogP contribution is -2.00. The molecule has 0 bridgehead atoms. The predicted molar refractivity (Wildman–Crippen MR) is 245 cm³/mol. The van der Waals surface area contributed by atoms with Crippen molar-refractivity contribution in [2.75, 3.05) is 0 Å². The fourth-order valence-corrected chi connectivity index (χ4v) is 8.63. The van der Waals surface area contributed by atoms with Crippen molar-refractivity contribution in [1.82, 2.24) is 15.0 Å². The molecule has 0 atom stereocenters. The Balaban J connectivity index is 0.929. The zero-order chi connectivity index (χ0) is 39.6. The van der Waals surface area contributed by atoms with Gasteiger partial charge >= 0.3 is 0 Å². The minimum atomic E-state index is 0.611. The van der Waals surface area contributed by atoms with Gasteiger partial charge in [-0.05, 0) is 62.9 Å². The molecule has 5 heteroatoms. The molecule has 0 spiro atoms. The van der Waals surface area contributed by atoms with Gasteiger partial charge in [-0.1, -0.05) is 176 Å². The van der Waals surface area contributed by atoms with Gasteiger partial charge in [-0.25, -0.2) is 15.0 Å². The average molecular weight is 768 g/mol. The number of hydrogen-bond donors (Lipinski definition) is 0. The Hall–Kier alpha value is -8.15. The molecule has 0 aliphatic rings. The molecule has 0 amide bonds. The largest absolute Gasteiger partial charge is 0.456 e. The molecule has 0 unspecified atom stereocenters. The summed E-state index contributed by atoms with van der Waals surface area (Å²) in [4.78, 5) is 15.1. The van der Waals surface area contributed by atoms with Gasteiger partial charge in [-0.15, -0.1) is 0 Å². The van der Waals surface area contributed by atoms with Gasteiger partial charge < -0.3 is 8.83 Å². The van der Waals surface area contributed by atoms with E-state index in [1.54, 1.807) is 0 Å². The molecule has 0 aliphatic carbocycles. The number of nitrogens with zero attached hydrogens (tertiary/aromatic N) is 3. The molecule has 5 nitrogen and oxygen atoms in total. The molecular weight excluding hydrogens is 735 g/mol. The van der Waals surface area contributed by atoms with E-state index in [1.165, 1.54) is 16.3 Å². The van der Waals surface area contributed by atoms with Crippen molar-refractivity contribution < 1.29 is 8.83 Å². The molecule has 0 N–H and O–H groups in total. The molecule has 9 aromatic carbocycles. The summed E-state index contributed by atoms with van der Waals surface area (Å²) in [7, 11) is 0. The summed E-state index contributed by atoms with van der Waals surface area (Å²) in [6, 6.07) is 69.3. The minimum absolute atomic E-state index is 0.611. The molecule has 3 heterocycles. The van der Waals surface area contributed by atoms with E-state index in [0.717, 1.165) is 88.4 Å². The van der Waals surface area contributed by atoms with E-state index in [1.807, 2.05) is 48.5 Å². The molecule has 0 saturated heterocycles. The zero-order valence-electron chi connectivity index (χ0n) is 32.2. The van der Waals surface area contributed by atoms with Crippen LogP contribution in [-0.2, 0) is 0 Å². The van der Waals surface area contributed by atoms with Crippen molar-refractivity contribution in [2.45, 2.75) is 0 Å². The highest BCUT2D eigenvalue weighted by atomic mass is 16.3. The maximum Gasteiger partial charge on any atom is 0.164 e. The van der Waals surface area contributed by atoms with Crippen LogP contribution in [0, 0.1) is 0 Å². The van der Waals surface area contributed by atoms with E-state index in [-0.39, 0.29) is 0 Å². The summed E-state index contributed by atoms with van der Waals surface area (Å²) in [6.07, 6.45) is 0. The van der Waals surface area contributed by atoms with Crippen molar-refractivity contribution >= 4 is 54.6 Å². The highest BCUT2D eigenvalue weighted by molar-refractivity contribution is 6.15. The lowest BCUT2D eigenvalue weighted by atomic mass is 9.96.